The SMILES string of the molecule is Cn1nc(C(=O)Nc2ccc(COc3ccccc3)cn2)ccc1=O. The highest BCUT2D eigenvalue weighted by Crippen LogP contribution is 2.12. The van der Waals surface area contributed by atoms with E-state index >= 15 is 0 Å². The van der Waals surface area contributed by atoms with Crippen molar-refractivity contribution >= 4 is 11.7 Å². The average molecular weight is 336 g/mol. The van der Waals surface area contributed by atoms with Crippen LogP contribution >= 0.6 is 0 Å². The predicted molar refractivity (Wildman–Crippen MR) is 92.4 cm³/mol. The number of nitrogens with zero attached hydrogens (tertiary/aromatic N) is 3. The molecule has 1 aromatic carbocycles. The first kappa shape index (κ1) is 16.4. The van der Waals surface area contributed by atoms with Crippen LogP contribution in [0, 0.1) is 0 Å². The van der Waals surface area contributed by atoms with E-state index in [1.807, 2.05) is 36.4 Å². The summed E-state index contributed by atoms with van der Waals surface area (Å²) >= 11 is 0. The highest BCUT2D eigenvalue weighted by molar-refractivity contribution is 6.02. The number of aryl methyl sites for hydroxylation is 1. The van der Waals surface area contributed by atoms with E-state index in [1.54, 1.807) is 12.3 Å². The minimum Gasteiger partial charge on any atom is -0.489 e. The van der Waals surface area contributed by atoms with Gasteiger partial charge in [-0.05, 0) is 24.3 Å². The van der Waals surface area contributed by atoms with Crippen LogP contribution in [0.2, 0.25) is 0 Å². The molecule has 1 N–H and O–H groups in total. The Hall–Kier alpha value is -3.48. The fourth-order valence-corrected chi connectivity index (χ4v) is 2.07. The molecule has 7 heteroatoms. The molecule has 0 saturated carbocycles. The lowest BCUT2D eigenvalue weighted by Gasteiger charge is -2.07. The number of anilines is 1. The van der Waals surface area contributed by atoms with Gasteiger partial charge in [0.15, 0.2) is 0 Å². The van der Waals surface area contributed by atoms with E-state index in [-0.39, 0.29) is 11.3 Å². The first-order valence-corrected chi connectivity index (χ1v) is 7.60. The monoisotopic (exact) mass is 336 g/mol. The lowest BCUT2D eigenvalue weighted by molar-refractivity contribution is 0.101. The third-order valence-electron chi connectivity index (χ3n) is 3.41. The second kappa shape index (κ2) is 7.39. The number of para-hydroxylation sites is 1. The van der Waals surface area contributed by atoms with Crippen LogP contribution in [0.5, 0.6) is 5.75 Å². The molecule has 0 fully saturated rings. The Bertz CT molecular complexity index is 921. The molecule has 126 valence electrons. The molecule has 0 radical (unpaired) electrons. The van der Waals surface area contributed by atoms with E-state index in [1.165, 1.54) is 19.2 Å². The number of carbonyl (C=O) groups excluding carboxylic acids is 1. The Morgan fingerprint density at radius 2 is 1.92 bits per heavy atom. The molecular weight excluding hydrogens is 320 g/mol. The van der Waals surface area contributed by atoms with Gasteiger partial charge in [-0.15, -0.1) is 0 Å². The summed E-state index contributed by atoms with van der Waals surface area (Å²) in [5.41, 5.74) is 0.736. The Kier molecular flexibility index (Phi) is 4.84. The topological polar surface area (TPSA) is 86.1 Å². The quantitative estimate of drug-likeness (QED) is 0.770. The van der Waals surface area contributed by atoms with Gasteiger partial charge in [0.2, 0.25) is 0 Å². The zero-order valence-corrected chi connectivity index (χ0v) is 13.5. The van der Waals surface area contributed by atoms with Crippen LogP contribution in [0.15, 0.2) is 65.6 Å². The smallest absolute Gasteiger partial charge is 0.277 e. The Balaban J connectivity index is 1.61. The first-order valence-electron chi connectivity index (χ1n) is 7.60. The van der Waals surface area contributed by atoms with Crippen molar-refractivity contribution in [2.24, 2.45) is 7.05 Å². The van der Waals surface area contributed by atoms with Gasteiger partial charge in [0.25, 0.3) is 11.5 Å². The average Bonchev–Trinajstić information content (AvgIpc) is 2.64. The third kappa shape index (κ3) is 4.29. The number of hydrogen-bond donors (Lipinski definition) is 1. The molecule has 3 aromatic rings. The molecule has 2 heterocycles. The lowest BCUT2D eigenvalue weighted by Crippen LogP contribution is -2.23. The van der Waals surface area contributed by atoms with Crippen molar-refractivity contribution in [3.05, 3.63) is 82.4 Å². The molecule has 0 unspecified atom stereocenters. The minimum atomic E-state index is -0.434. The molecule has 2 aromatic heterocycles. The summed E-state index contributed by atoms with van der Waals surface area (Å²) in [6.07, 6.45) is 1.63. The van der Waals surface area contributed by atoms with E-state index in [0.29, 0.717) is 12.4 Å². The normalized spacial score (nSPS) is 10.3. The van der Waals surface area contributed by atoms with Gasteiger partial charge in [0, 0.05) is 24.9 Å². The van der Waals surface area contributed by atoms with Gasteiger partial charge >= 0.3 is 0 Å². The molecule has 0 spiro atoms. The number of rotatable bonds is 5. The second-order valence-electron chi connectivity index (χ2n) is 5.29. The van der Waals surface area contributed by atoms with E-state index in [0.717, 1.165) is 16.0 Å². The van der Waals surface area contributed by atoms with Crippen molar-refractivity contribution in [2.75, 3.05) is 5.32 Å². The number of nitrogens with one attached hydrogen (secondary N) is 1. The summed E-state index contributed by atoms with van der Waals surface area (Å²) in [5.74, 6) is 0.737. The van der Waals surface area contributed by atoms with Crippen molar-refractivity contribution in [3.8, 4) is 5.75 Å². The fourth-order valence-electron chi connectivity index (χ4n) is 2.07. The maximum absolute atomic E-state index is 12.1. The molecule has 3 rings (SSSR count). The summed E-state index contributed by atoms with van der Waals surface area (Å²) in [4.78, 5) is 27.6. The van der Waals surface area contributed by atoms with Crippen molar-refractivity contribution < 1.29 is 9.53 Å². The van der Waals surface area contributed by atoms with Crippen molar-refractivity contribution in [3.63, 3.8) is 0 Å². The number of ether oxygens (including phenoxy) is 1. The number of hydrogen-bond acceptors (Lipinski definition) is 5. The summed E-state index contributed by atoms with van der Waals surface area (Å²) in [5, 5.41) is 6.53. The van der Waals surface area contributed by atoms with Gasteiger partial charge in [-0.3, -0.25) is 9.59 Å². The lowest BCUT2D eigenvalue weighted by atomic mass is 10.3. The number of carbonyl (C=O) groups is 1. The molecule has 0 atom stereocenters. The summed E-state index contributed by atoms with van der Waals surface area (Å²) < 4.78 is 6.74. The van der Waals surface area contributed by atoms with Crippen LogP contribution in [-0.4, -0.2) is 20.7 Å². The predicted octanol–water partition coefficient (Wildman–Crippen LogP) is 2.01. The minimum absolute atomic E-state index is 0.139. The highest BCUT2D eigenvalue weighted by atomic mass is 16.5. The molecule has 1 amide bonds. The second-order valence-corrected chi connectivity index (χ2v) is 5.29. The van der Waals surface area contributed by atoms with Crippen molar-refractivity contribution in [1.29, 1.82) is 0 Å². The Morgan fingerprint density at radius 3 is 2.60 bits per heavy atom. The molecule has 0 aliphatic heterocycles. The van der Waals surface area contributed by atoms with Crippen LogP contribution in [0.25, 0.3) is 0 Å². The van der Waals surface area contributed by atoms with Crippen LogP contribution in [0.4, 0.5) is 5.82 Å². The standard InChI is InChI=1S/C18H16N4O3/c1-22-17(23)10-8-15(21-22)18(24)20-16-9-7-13(11-19-16)12-25-14-5-3-2-4-6-14/h2-11H,12H2,1H3,(H,19,20,24). The molecule has 7 nitrogen and oxygen atoms in total. The van der Waals surface area contributed by atoms with Crippen molar-refractivity contribution in [2.45, 2.75) is 6.61 Å². The van der Waals surface area contributed by atoms with Gasteiger partial charge in [-0.25, -0.2) is 9.67 Å². The summed E-state index contributed by atoms with van der Waals surface area (Å²) in [6.45, 7) is 0.383. The van der Waals surface area contributed by atoms with E-state index < -0.39 is 5.91 Å². The van der Waals surface area contributed by atoms with Crippen LogP contribution < -0.4 is 15.6 Å². The zero-order valence-electron chi connectivity index (χ0n) is 13.5. The summed E-state index contributed by atoms with van der Waals surface area (Å²) in [6, 6.07) is 15.7. The Morgan fingerprint density at radius 1 is 1.12 bits per heavy atom. The Labute approximate surface area is 143 Å². The van der Waals surface area contributed by atoms with E-state index in [9.17, 15) is 9.59 Å². The number of pyridine rings is 1. The van der Waals surface area contributed by atoms with Gasteiger partial charge in [-0.1, -0.05) is 24.3 Å². The highest BCUT2D eigenvalue weighted by Gasteiger charge is 2.09. The molecule has 25 heavy (non-hydrogen) atoms. The maximum Gasteiger partial charge on any atom is 0.277 e. The zero-order chi connectivity index (χ0) is 17.6. The molecule has 0 saturated heterocycles. The molecule has 0 aliphatic carbocycles. The third-order valence-corrected chi connectivity index (χ3v) is 3.41. The first-order chi connectivity index (χ1) is 12.1. The summed E-state index contributed by atoms with van der Waals surface area (Å²) in [7, 11) is 1.49. The van der Waals surface area contributed by atoms with Crippen LogP contribution in [0.1, 0.15) is 16.1 Å². The van der Waals surface area contributed by atoms with E-state index in [4.69, 9.17) is 4.74 Å². The fraction of sp³-hybridized carbons (Fsp3) is 0.111. The molecular formula is C18H16N4O3. The largest absolute Gasteiger partial charge is 0.489 e. The number of aromatic nitrogens is 3. The van der Waals surface area contributed by atoms with Gasteiger partial charge in [0.05, 0.1) is 0 Å². The number of amides is 1. The maximum atomic E-state index is 12.1. The van der Waals surface area contributed by atoms with Gasteiger partial charge < -0.3 is 10.1 Å². The number of benzene rings is 1. The van der Waals surface area contributed by atoms with Crippen LogP contribution in [-0.2, 0) is 13.7 Å². The van der Waals surface area contributed by atoms with Crippen molar-refractivity contribution in [1.82, 2.24) is 14.8 Å². The van der Waals surface area contributed by atoms with Gasteiger partial charge in [-0.2, -0.15) is 5.10 Å². The molecule has 0 bridgehead atoms. The molecule has 0 aliphatic rings. The van der Waals surface area contributed by atoms with E-state index in [2.05, 4.69) is 15.4 Å². The van der Waals surface area contributed by atoms with Crippen LogP contribution in [0.3, 0.4) is 0 Å². The van der Waals surface area contributed by atoms with Gasteiger partial charge in [0.1, 0.15) is 23.9 Å².